The number of aliphatic carboxylic acids is 1. The molecule has 0 spiro atoms. The number of ether oxygens (including phenoxy) is 1. The summed E-state index contributed by atoms with van der Waals surface area (Å²) in [6, 6.07) is 5.68. The summed E-state index contributed by atoms with van der Waals surface area (Å²) < 4.78 is 6.39. The highest BCUT2D eigenvalue weighted by Crippen LogP contribution is 2.16. The second-order valence-corrected chi connectivity index (χ2v) is 5.97. The van der Waals surface area contributed by atoms with Gasteiger partial charge in [-0.3, -0.25) is 19.7 Å². The topological polar surface area (TPSA) is 137 Å². The Hall–Kier alpha value is -3.27. The van der Waals surface area contributed by atoms with Gasteiger partial charge >= 0.3 is 5.97 Å². The van der Waals surface area contributed by atoms with Gasteiger partial charge in [-0.2, -0.15) is 5.10 Å². The SMILES string of the molecule is COCC(C)(CC(=O)O)NC(=O)c1cnn(-c2ccc([N+](=O)[O-])cc2)c1. The Morgan fingerprint density at radius 3 is 2.58 bits per heavy atom. The van der Waals surface area contributed by atoms with E-state index in [1.54, 1.807) is 6.92 Å². The van der Waals surface area contributed by atoms with Crippen LogP contribution in [0.15, 0.2) is 36.7 Å². The number of hydrogen-bond donors (Lipinski definition) is 2. The van der Waals surface area contributed by atoms with E-state index in [0.717, 1.165) is 0 Å². The molecule has 0 aliphatic carbocycles. The first-order chi connectivity index (χ1) is 12.2. The summed E-state index contributed by atoms with van der Waals surface area (Å²) in [5.41, 5.74) is -0.369. The zero-order chi connectivity index (χ0) is 19.3. The number of rotatable bonds is 8. The fourth-order valence-corrected chi connectivity index (χ4v) is 2.44. The standard InChI is InChI=1S/C16H18N4O6/c1-16(10-26-2,7-14(21)22)18-15(23)11-8-17-19(9-11)12-3-5-13(6-4-12)20(24)25/h3-6,8-9H,7,10H2,1-2H3,(H,18,23)(H,21,22). The first-order valence-electron chi connectivity index (χ1n) is 7.57. The van der Waals surface area contributed by atoms with Crippen LogP contribution in [0.25, 0.3) is 5.69 Å². The molecule has 1 atom stereocenters. The molecular weight excluding hydrogens is 344 g/mol. The van der Waals surface area contributed by atoms with E-state index in [0.29, 0.717) is 5.69 Å². The van der Waals surface area contributed by atoms with Crippen molar-refractivity contribution in [1.29, 1.82) is 0 Å². The minimum absolute atomic E-state index is 0.0293. The maximum absolute atomic E-state index is 12.4. The summed E-state index contributed by atoms with van der Waals surface area (Å²) in [6.07, 6.45) is 2.47. The molecule has 2 N–H and O–H groups in total. The molecule has 26 heavy (non-hydrogen) atoms. The van der Waals surface area contributed by atoms with Crippen molar-refractivity contribution < 1.29 is 24.4 Å². The van der Waals surface area contributed by atoms with Gasteiger partial charge in [0.05, 0.1) is 40.9 Å². The normalized spacial score (nSPS) is 13.0. The lowest BCUT2D eigenvalue weighted by atomic mass is 9.98. The number of nitro groups is 1. The van der Waals surface area contributed by atoms with Crippen LogP contribution in [0, 0.1) is 10.1 Å². The van der Waals surface area contributed by atoms with Crippen molar-refractivity contribution >= 4 is 17.6 Å². The number of non-ortho nitro benzene ring substituents is 1. The molecule has 1 aromatic carbocycles. The summed E-state index contributed by atoms with van der Waals surface area (Å²) >= 11 is 0. The van der Waals surface area contributed by atoms with Crippen molar-refractivity contribution in [3.63, 3.8) is 0 Å². The second-order valence-electron chi connectivity index (χ2n) is 5.97. The molecule has 0 aliphatic heterocycles. The number of nitro benzene ring substituents is 1. The predicted molar refractivity (Wildman–Crippen MR) is 90.2 cm³/mol. The summed E-state index contributed by atoms with van der Waals surface area (Å²) in [4.78, 5) is 33.6. The smallest absolute Gasteiger partial charge is 0.305 e. The largest absolute Gasteiger partial charge is 0.481 e. The van der Waals surface area contributed by atoms with Gasteiger partial charge in [0.2, 0.25) is 0 Å². The van der Waals surface area contributed by atoms with Gasteiger partial charge in [0.1, 0.15) is 0 Å². The fraction of sp³-hybridized carbons (Fsp3) is 0.312. The highest BCUT2D eigenvalue weighted by atomic mass is 16.6. The second kappa shape index (κ2) is 7.74. The first kappa shape index (κ1) is 19.1. The zero-order valence-electron chi connectivity index (χ0n) is 14.2. The third kappa shape index (κ3) is 4.63. The quantitative estimate of drug-likeness (QED) is 0.535. The molecule has 0 radical (unpaired) electrons. The van der Waals surface area contributed by atoms with Gasteiger partial charge in [0, 0.05) is 25.4 Å². The van der Waals surface area contributed by atoms with Crippen LogP contribution in [-0.2, 0) is 9.53 Å². The van der Waals surface area contributed by atoms with Gasteiger partial charge in [0.15, 0.2) is 0 Å². The van der Waals surface area contributed by atoms with E-state index in [9.17, 15) is 19.7 Å². The van der Waals surface area contributed by atoms with Crippen LogP contribution in [-0.4, -0.2) is 50.9 Å². The number of carboxylic acid groups (broad SMARTS) is 1. The minimum atomic E-state index is -1.08. The van der Waals surface area contributed by atoms with Crippen LogP contribution in [0.1, 0.15) is 23.7 Å². The molecule has 0 saturated heterocycles. The highest BCUT2D eigenvalue weighted by molar-refractivity contribution is 5.94. The maximum atomic E-state index is 12.4. The number of carbonyl (C=O) groups excluding carboxylic acids is 1. The van der Waals surface area contributed by atoms with E-state index < -0.39 is 22.3 Å². The molecule has 10 nitrogen and oxygen atoms in total. The van der Waals surface area contributed by atoms with Gasteiger partial charge in [0.25, 0.3) is 11.6 Å². The van der Waals surface area contributed by atoms with Gasteiger partial charge in [-0.1, -0.05) is 0 Å². The van der Waals surface area contributed by atoms with E-state index in [1.807, 2.05) is 0 Å². The lowest BCUT2D eigenvalue weighted by Gasteiger charge is -2.28. The number of amides is 1. The van der Waals surface area contributed by atoms with Gasteiger partial charge in [-0.15, -0.1) is 0 Å². The van der Waals surface area contributed by atoms with Crippen molar-refractivity contribution in [2.24, 2.45) is 0 Å². The third-order valence-electron chi connectivity index (χ3n) is 3.59. The van der Waals surface area contributed by atoms with Crippen LogP contribution >= 0.6 is 0 Å². The third-order valence-corrected chi connectivity index (χ3v) is 3.59. The molecular formula is C16H18N4O6. The number of nitrogens with one attached hydrogen (secondary N) is 1. The lowest BCUT2D eigenvalue weighted by Crippen LogP contribution is -2.50. The number of hydrogen-bond acceptors (Lipinski definition) is 6. The van der Waals surface area contributed by atoms with Gasteiger partial charge in [-0.05, 0) is 19.1 Å². The average molecular weight is 362 g/mol. The number of carboxylic acids is 1. The molecule has 2 rings (SSSR count). The van der Waals surface area contributed by atoms with E-state index in [4.69, 9.17) is 9.84 Å². The molecule has 2 aromatic rings. The van der Waals surface area contributed by atoms with Crippen molar-refractivity contribution in [1.82, 2.24) is 15.1 Å². The summed E-state index contributed by atoms with van der Waals surface area (Å²) in [7, 11) is 1.42. The van der Waals surface area contributed by atoms with E-state index >= 15 is 0 Å². The van der Waals surface area contributed by atoms with Crippen LogP contribution in [0.5, 0.6) is 0 Å². The molecule has 1 amide bonds. The van der Waals surface area contributed by atoms with Gasteiger partial charge < -0.3 is 15.2 Å². The van der Waals surface area contributed by atoms with Crippen LogP contribution in [0.3, 0.4) is 0 Å². The van der Waals surface area contributed by atoms with Crippen molar-refractivity contribution in [2.75, 3.05) is 13.7 Å². The maximum Gasteiger partial charge on any atom is 0.305 e. The summed E-state index contributed by atoms with van der Waals surface area (Å²) in [5.74, 6) is -1.56. The summed E-state index contributed by atoms with van der Waals surface area (Å²) in [5, 5.41) is 26.4. The molecule has 1 unspecified atom stereocenters. The fourth-order valence-electron chi connectivity index (χ4n) is 2.44. The molecule has 0 aliphatic rings. The van der Waals surface area contributed by atoms with Crippen LogP contribution in [0.4, 0.5) is 5.69 Å². The number of carbonyl (C=O) groups is 2. The molecule has 138 valence electrons. The molecule has 0 fully saturated rings. The Balaban J connectivity index is 2.16. The number of benzene rings is 1. The molecule has 10 heteroatoms. The molecule has 0 bridgehead atoms. The van der Waals surface area contributed by atoms with Crippen LogP contribution in [0.2, 0.25) is 0 Å². The minimum Gasteiger partial charge on any atom is -0.481 e. The average Bonchev–Trinajstić information content (AvgIpc) is 3.04. The number of aromatic nitrogens is 2. The molecule has 0 saturated carbocycles. The Kier molecular flexibility index (Phi) is 5.68. The first-order valence-corrected chi connectivity index (χ1v) is 7.57. The monoisotopic (exact) mass is 362 g/mol. The van der Waals surface area contributed by atoms with Gasteiger partial charge in [-0.25, -0.2) is 4.68 Å². The molecule has 1 heterocycles. The van der Waals surface area contributed by atoms with Crippen molar-refractivity contribution in [3.05, 3.63) is 52.3 Å². The highest BCUT2D eigenvalue weighted by Gasteiger charge is 2.30. The Bertz CT molecular complexity index is 816. The zero-order valence-corrected chi connectivity index (χ0v) is 14.2. The van der Waals surface area contributed by atoms with E-state index in [1.165, 1.54) is 48.5 Å². The number of nitrogens with zero attached hydrogens (tertiary/aromatic N) is 3. The van der Waals surface area contributed by atoms with E-state index in [-0.39, 0.29) is 24.3 Å². The predicted octanol–water partition coefficient (Wildman–Crippen LogP) is 1.39. The Morgan fingerprint density at radius 1 is 1.38 bits per heavy atom. The summed E-state index contributed by atoms with van der Waals surface area (Å²) in [6.45, 7) is 1.60. The molecule has 1 aromatic heterocycles. The Labute approximate surface area is 148 Å². The number of methoxy groups -OCH3 is 1. The Morgan fingerprint density at radius 2 is 2.04 bits per heavy atom. The van der Waals surface area contributed by atoms with Crippen LogP contribution < -0.4 is 5.32 Å². The van der Waals surface area contributed by atoms with Crippen molar-refractivity contribution in [3.8, 4) is 5.69 Å². The van der Waals surface area contributed by atoms with Crippen molar-refractivity contribution in [2.45, 2.75) is 18.9 Å². The van der Waals surface area contributed by atoms with E-state index in [2.05, 4.69) is 10.4 Å². The lowest BCUT2D eigenvalue weighted by molar-refractivity contribution is -0.384.